The summed E-state index contributed by atoms with van der Waals surface area (Å²) >= 11 is 7.22. The van der Waals surface area contributed by atoms with E-state index in [0.717, 1.165) is 20.9 Å². The van der Waals surface area contributed by atoms with Crippen LogP contribution in [0, 0.1) is 0 Å². The fourth-order valence-corrected chi connectivity index (χ4v) is 2.92. The molecule has 0 aliphatic carbocycles. The van der Waals surface area contributed by atoms with Gasteiger partial charge in [-0.05, 0) is 30.3 Å². The average molecular weight is 306 g/mol. The van der Waals surface area contributed by atoms with E-state index in [4.69, 9.17) is 21.1 Å². The number of aromatic nitrogens is 1. The van der Waals surface area contributed by atoms with Gasteiger partial charge >= 0.3 is 5.97 Å². The molecule has 0 unspecified atom stereocenters. The molecule has 0 saturated heterocycles. The van der Waals surface area contributed by atoms with Crippen molar-refractivity contribution in [3.63, 3.8) is 0 Å². The standard InChI is InChI=1S/C14H8ClNO3S/c15-11-2-1-8(7-10(11)14(17)18)20-13-9-4-6-19-12(9)3-5-16-13/h1-7H,(H,17,18). The Balaban J connectivity index is 2.01. The molecule has 3 aromatic rings. The van der Waals surface area contributed by atoms with Gasteiger partial charge in [-0.3, -0.25) is 0 Å². The molecule has 0 atom stereocenters. The zero-order valence-electron chi connectivity index (χ0n) is 10.0. The van der Waals surface area contributed by atoms with Gasteiger partial charge in [-0.1, -0.05) is 23.4 Å². The number of hydrogen-bond donors (Lipinski definition) is 1. The van der Waals surface area contributed by atoms with Crippen LogP contribution in [0.2, 0.25) is 5.02 Å². The van der Waals surface area contributed by atoms with Crippen molar-refractivity contribution >= 4 is 40.3 Å². The van der Waals surface area contributed by atoms with Crippen LogP contribution in [0.25, 0.3) is 11.0 Å². The fraction of sp³-hybridized carbons (Fsp3) is 0. The Labute approximate surface area is 123 Å². The van der Waals surface area contributed by atoms with E-state index in [1.807, 2.05) is 6.07 Å². The van der Waals surface area contributed by atoms with Crippen LogP contribution in [0.4, 0.5) is 0 Å². The third-order valence-electron chi connectivity index (χ3n) is 2.73. The molecule has 0 fully saturated rings. The molecule has 0 aliphatic heterocycles. The van der Waals surface area contributed by atoms with Crippen LogP contribution < -0.4 is 0 Å². The Kier molecular flexibility index (Phi) is 3.38. The first-order valence-corrected chi connectivity index (χ1v) is 6.87. The molecule has 100 valence electrons. The Morgan fingerprint density at radius 1 is 1.30 bits per heavy atom. The molecule has 20 heavy (non-hydrogen) atoms. The van der Waals surface area contributed by atoms with Crippen LogP contribution in [0.3, 0.4) is 0 Å². The number of pyridine rings is 1. The van der Waals surface area contributed by atoms with Crippen molar-refractivity contribution in [3.8, 4) is 0 Å². The lowest BCUT2D eigenvalue weighted by Crippen LogP contribution is -1.97. The highest BCUT2D eigenvalue weighted by atomic mass is 35.5. The Hall–Kier alpha value is -1.98. The van der Waals surface area contributed by atoms with Crippen molar-refractivity contribution < 1.29 is 14.3 Å². The molecule has 0 amide bonds. The first-order valence-electron chi connectivity index (χ1n) is 5.68. The predicted molar refractivity (Wildman–Crippen MR) is 76.5 cm³/mol. The second kappa shape index (κ2) is 5.19. The molecule has 0 saturated carbocycles. The van der Waals surface area contributed by atoms with E-state index in [1.54, 1.807) is 30.7 Å². The third-order valence-corrected chi connectivity index (χ3v) is 4.06. The first kappa shape index (κ1) is 13.0. The summed E-state index contributed by atoms with van der Waals surface area (Å²) < 4.78 is 5.31. The summed E-state index contributed by atoms with van der Waals surface area (Å²) in [6.45, 7) is 0. The van der Waals surface area contributed by atoms with E-state index in [-0.39, 0.29) is 10.6 Å². The number of carbonyl (C=O) groups is 1. The van der Waals surface area contributed by atoms with Crippen molar-refractivity contribution in [2.75, 3.05) is 0 Å². The second-order valence-corrected chi connectivity index (χ2v) is 5.47. The third kappa shape index (κ3) is 2.37. The van der Waals surface area contributed by atoms with E-state index in [0.29, 0.717) is 0 Å². The summed E-state index contributed by atoms with van der Waals surface area (Å²) in [4.78, 5) is 16.1. The molecular weight excluding hydrogens is 298 g/mol. The van der Waals surface area contributed by atoms with Crippen LogP contribution in [0.15, 0.2) is 57.1 Å². The topological polar surface area (TPSA) is 63.3 Å². The van der Waals surface area contributed by atoms with Gasteiger partial charge in [0.1, 0.15) is 10.6 Å². The number of aromatic carboxylic acids is 1. The van der Waals surface area contributed by atoms with Gasteiger partial charge in [0.25, 0.3) is 0 Å². The number of furan rings is 1. The molecule has 0 radical (unpaired) electrons. The number of halogens is 1. The summed E-state index contributed by atoms with van der Waals surface area (Å²) in [7, 11) is 0. The molecule has 0 aliphatic rings. The largest absolute Gasteiger partial charge is 0.478 e. The summed E-state index contributed by atoms with van der Waals surface area (Å²) in [6.07, 6.45) is 3.25. The van der Waals surface area contributed by atoms with E-state index < -0.39 is 5.97 Å². The van der Waals surface area contributed by atoms with Crippen molar-refractivity contribution in [2.45, 2.75) is 9.92 Å². The maximum Gasteiger partial charge on any atom is 0.337 e. The zero-order chi connectivity index (χ0) is 14.1. The lowest BCUT2D eigenvalue weighted by molar-refractivity contribution is 0.0697. The van der Waals surface area contributed by atoms with Crippen LogP contribution in [0.1, 0.15) is 10.4 Å². The second-order valence-electron chi connectivity index (χ2n) is 4.00. The minimum Gasteiger partial charge on any atom is -0.478 e. The minimum atomic E-state index is -1.05. The lowest BCUT2D eigenvalue weighted by Gasteiger charge is -2.04. The average Bonchev–Trinajstić information content (AvgIpc) is 2.90. The summed E-state index contributed by atoms with van der Waals surface area (Å²) in [5.41, 5.74) is 0.825. The highest BCUT2D eigenvalue weighted by Crippen LogP contribution is 2.33. The Morgan fingerprint density at radius 3 is 2.95 bits per heavy atom. The molecule has 3 rings (SSSR count). The van der Waals surface area contributed by atoms with E-state index in [9.17, 15) is 4.79 Å². The Morgan fingerprint density at radius 2 is 2.15 bits per heavy atom. The van der Waals surface area contributed by atoms with Gasteiger partial charge in [0.15, 0.2) is 0 Å². The van der Waals surface area contributed by atoms with Crippen LogP contribution in [-0.4, -0.2) is 16.1 Å². The molecule has 0 spiro atoms. The van der Waals surface area contributed by atoms with Gasteiger partial charge in [0.05, 0.1) is 22.2 Å². The van der Waals surface area contributed by atoms with E-state index >= 15 is 0 Å². The number of hydrogen-bond acceptors (Lipinski definition) is 4. The molecule has 6 heteroatoms. The van der Waals surface area contributed by atoms with Gasteiger partial charge in [-0.15, -0.1) is 0 Å². The predicted octanol–water partition coefficient (Wildman–Crippen LogP) is 4.33. The first-order chi connectivity index (χ1) is 9.65. The number of rotatable bonds is 3. The SMILES string of the molecule is O=C(O)c1cc(Sc2nccc3occc23)ccc1Cl. The highest BCUT2D eigenvalue weighted by molar-refractivity contribution is 7.99. The number of nitrogens with zero attached hydrogens (tertiary/aromatic N) is 1. The summed E-state index contributed by atoms with van der Waals surface area (Å²) in [6, 6.07) is 8.49. The number of benzene rings is 1. The maximum atomic E-state index is 11.1. The van der Waals surface area contributed by atoms with Crippen molar-refractivity contribution in [2.24, 2.45) is 0 Å². The van der Waals surface area contributed by atoms with E-state index in [1.165, 1.54) is 17.8 Å². The molecule has 2 heterocycles. The quantitative estimate of drug-likeness (QED) is 0.780. The summed E-state index contributed by atoms with van der Waals surface area (Å²) in [5.74, 6) is -1.05. The minimum absolute atomic E-state index is 0.0797. The molecular formula is C14H8ClNO3S. The number of fused-ring (bicyclic) bond motifs is 1. The molecule has 0 bridgehead atoms. The van der Waals surface area contributed by atoms with Gasteiger partial charge < -0.3 is 9.52 Å². The van der Waals surface area contributed by atoms with Crippen LogP contribution in [-0.2, 0) is 0 Å². The van der Waals surface area contributed by atoms with E-state index in [2.05, 4.69) is 4.98 Å². The van der Waals surface area contributed by atoms with Crippen molar-refractivity contribution in [1.29, 1.82) is 0 Å². The molecule has 1 N–H and O–H groups in total. The van der Waals surface area contributed by atoms with Crippen LogP contribution >= 0.6 is 23.4 Å². The fourth-order valence-electron chi connectivity index (χ4n) is 1.79. The number of carboxylic acids is 1. The normalized spacial score (nSPS) is 10.8. The lowest BCUT2D eigenvalue weighted by atomic mass is 10.2. The van der Waals surface area contributed by atoms with Gasteiger partial charge in [0, 0.05) is 11.1 Å². The van der Waals surface area contributed by atoms with Crippen molar-refractivity contribution in [3.05, 3.63) is 53.4 Å². The van der Waals surface area contributed by atoms with Gasteiger partial charge in [-0.2, -0.15) is 0 Å². The smallest absolute Gasteiger partial charge is 0.337 e. The monoisotopic (exact) mass is 305 g/mol. The molecule has 2 aromatic heterocycles. The number of carboxylic acid groups (broad SMARTS) is 1. The summed E-state index contributed by atoms with van der Waals surface area (Å²) in [5, 5.41) is 10.9. The van der Waals surface area contributed by atoms with Crippen LogP contribution in [0.5, 0.6) is 0 Å². The van der Waals surface area contributed by atoms with Gasteiger partial charge in [-0.25, -0.2) is 9.78 Å². The Bertz CT molecular complexity index is 800. The zero-order valence-corrected chi connectivity index (χ0v) is 11.6. The van der Waals surface area contributed by atoms with Gasteiger partial charge in [0.2, 0.25) is 0 Å². The molecule has 1 aromatic carbocycles. The maximum absolute atomic E-state index is 11.1. The highest BCUT2D eigenvalue weighted by Gasteiger charge is 2.12. The van der Waals surface area contributed by atoms with Crippen molar-refractivity contribution in [1.82, 2.24) is 4.98 Å². The molecule has 4 nitrogen and oxygen atoms in total.